The standard InChI is InChI=1S/C17H20N4O2S/c1-11-7-13(23-21-11)9-19-17(18-2)20-10-14(22)16-8-12-5-3-4-6-15(12)24-16/h3-8,14,22H,9-10H2,1-2H3,(H2,18,19,20). The third-order valence-electron chi connectivity index (χ3n) is 3.57. The van der Waals surface area contributed by atoms with Crippen LogP contribution in [0, 0.1) is 6.92 Å². The maximum absolute atomic E-state index is 10.4. The molecule has 0 aliphatic carbocycles. The highest BCUT2D eigenvalue weighted by atomic mass is 32.1. The molecule has 2 heterocycles. The van der Waals surface area contributed by atoms with Crippen LogP contribution in [0.1, 0.15) is 22.4 Å². The van der Waals surface area contributed by atoms with E-state index in [0.717, 1.165) is 21.7 Å². The van der Waals surface area contributed by atoms with Gasteiger partial charge in [0, 0.05) is 29.2 Å². The molecule has 0 radical (unpaired) electrons. The molecule has 3 rings (SSSR count). The summed E-state index contributed by atoms with van der Waals surface area (Å²) in [5.41, 5.74) is 0.843. The molecule has 0 spiro atoms. The Kier molecular flexibility index (Phi) is 5.12. The van der Waals surface area contributed by atoms with Gasteiger partial charge in [0.2, 0.25) is 0 Å². The number of aliphatic imine (C=N–C) groups is 1. The number of aliphatic hydroxyl groups is 1. The SMILES string of the molecule is CN=C(NCc1cc(C)no1)NCC(O)c1cc2ccccc2s1. The molecule has 0 amide bonds. The maximum Gasteiger partial charge on any atom is 0.191 e. The van der Waals surface area contributed by atoms with Gasteiger partial charge in [0.1, 0.15) is 6.10 Å². The van der Waals surface area contributed by atoms with Crippen LogP contribution < -0.4 is 10.6 Å². The molecule has 3 N–H and O–H groups in total. The molecular formula is C17H20N4O2S. The summed E-state index contributed by atoms with van der Waals surface area (Å²) in [5.74, 6) is 1.34. The lowest BCUT2D eigenvalue weighted by Crippen LogP contribution is -2.38. The van der Waals surface area contributed by atoms with Crippen LogP contribution >= 0.6 is 11.3 Å². The maximum atomic E-state index is 10.4. The number of hydrogen-bond acceptors (Lipinski definition) is 5. The highest BCUT2D eigenvalue weighted by Crippen LogP contribution is 2.29. The highest BCUT2D eigenvalue weighted by Gasteiger charge is 2.12. The first kappa shape index (κ1) is 16.5. The van der Waals surface area contributed by atoms with Crippen molar-refractivity contribution in [2.75, 3.05) is 13.6 Å². The van der Waals surface area contributed by atoms with Crippen LogP contribution in [0.15, 0.2) is 45.9 Å². The molecule has 0 saturated carbocycles. The summed E-state index contributed by atoms with van der Waals surface area (Å²) >= 11 is 1.60. The second kappa shape index (κ2) is 7.46. The van der Waals surface area contributed by atoms with E-state index in [1.807, 2.05) is 31.2 Å². The van der Waals surface area contributed by atoms with E-state index in [4.69, 9.17) is 4.52 Å². The van der Waals surface area contributed by atoms with Gasteiger partial charge in [-0.2, -0.15) is 0 Å². The van der Waals surface area contributed by atoms with Crippen LogP contribution in [-0.4, -0.2) is 29.8 Å². The molecule has 2 aromatic heterocycles. The van der Waals surface area contributed by atoms with Gasteiger partial charge in [-0.1, -0.05) is 23.4 Å². The van der Waals surface area contributed by atoms with Crippen molar-refractivity contribution in [3.63, 3.8) is 0 Å². The Morgan fingerprint density at radius 1 is 1.33 bits per heavy atom. The molecule has 6 nitrogen and oxygen atoms in total. The summed E-state index contributed by atoms with van der Waals surface area (Å²) in [6.45, 7) is 2.74. The number of aromatic nitrogens is 1. The van der Waals surface area contributed by atoms with E-state index < -0.39 is 6.10 Å². The largest absolute Gasteiger partial charge is 0.386 e. The first-order chi connectivity index (χ1) is 11.7. The van der Waals surface area contributed by atoms with Crippen molar-refractivity contribution in [2.45, 2.75) is 19.6 Å². The molecule has 7 heteroatoms. The van der Waals surface area contributed by atoms with Crippen molar-refractivity contribution in [3.05, 3.63) is 52.7 Å². The predicted molar refractivity (Wildman–Crippen MR) is 96.2 cm³/mol. The Bertz CT molecular complexity index is 807. The van der Waals surface area contributed by atoms with E-state index >= 15 is 0 Å². The summed E-state index contributed by atoms with van der Waals surface area (Å²) in [5, 5.41) is 21.6. The molecule has 24 heavy (non-hydrogen) atoms. The number of thiophene rings is 1. The van der Waals surface area contributed by atoms with Crippen molar-refractivity contribution in [2.24, 2.45) is 4.99 Å². The molecule has 126 valence electrons. The Morgan fingerprint density at radius 3 is 2.88 bits per heavy atom. The fourth-order valence-electron chi connectivity index (χ4n) is 2.35. The molecule has 1 unspecified atom stereocenters. The van der Waals surface area contributed by atoms with Gasteiger partial charge >= 0.3 is 0 Å². The number of nitrogens with one attached hydrogen (secondary N) is 2. The zero-order chi connectivity index (χ0) is 16.9. The highest BCUT2D eigenvalue weighted by molar-refractivity contribution is 7.19. The van der Waals surface area contributed by atoms with Crippen molar-refractivity contribution in [1.29, 1.82) is 0 Å². The van der Waals surface area contributed by atoms with Crippen molar-refractivity contribution < 1.29 is 9.63 Å². The molecular weight excluding hydrogens is 324 g/mol. The van der Waals surface area contributed by atoms with Crippen LogP contribution in [0.5, 0.6) is 0 Å². The minimum atomic E-state index is -0.589. The number of benzene rings is 1. The predicted octanol–water partition coefficient (Wildman–Crippen LogP) is 2.60. The number of fused-ring (bicyclic) bond motifs is 1. The van der Waals surface area contributed by atoms with Gasteiger partial charge < -0.3 is 20.3 Å². The van der Waals surface area contributed by atoms with Crippen LogP contribution in [0.2, 0.25) is 0 Å². The summed E-state index contributed by atoms with van der Waals surface area (Å²) in [6.07, 6.45) is -0.589. The first-order valence-electron chi connectivity index (χ1n) is 7.69. The van der Waals surface area contributed by atoms with E-state index in [1.54, 1.807) is 18.4 Å². The minimum absolute atomic E-state index is 0.377. The third-order valence-corrected chi connectivity index (χ3v) is 4.78. The fourth-order valence-corrected chi connectivity index (χ4v) is 3.40. The van der Waals surface area contributed by atoms with Gasteiger partial charge in [-0.25, -0.2) is 0 Å². The average molecular weight is 344 g/mol. The molecule has 0 aliphatic heterocycles. The van der Waals surface area contributed by atoms with Gasteiger partial charge in [0.15, 0.2) is 11.7 Å². The van der Waals surface area contributed by atoms with E-state index in [0.29, 0.717) is 19.0 Å². The van der Waals surface area contributed by atoms with Crippen molar-refractivity contribution >= 4 is 27.4 Å². The number of nitrogens with zero attached hydrogens (tertiary/aromatic N) is 2. The van der Waals surface area contributed by atoms with E-state index in [2.05, 4.69) is 32.9 Å². The molecule has 0 saturated heterocycles. The molecule has 3 aromatic rings. The van der Waals surface area contributed by atoms with E-state index in [-0.39, 0.29) is 0 Å². The van der Waals surface area contributed by atoms with Gasteiger partial charge in [0.05, 0.1) is 12.2 Å². The summed E-state index contributed by atoms with van der Waals surface area (Å²) in [6, 6.07) is 12.0. The van der Waals surface area contributed by atoms with Crippen LogP contribution in [0.25, 0.3) is 10.1 Å². The number of aliphatic hydroxyl groups excluding tert-OH is 1. The summed E-state index contributed by atoms with van der Waals surface area (Å²) < 4.78 is 6.32. The molecule has 0 bridgehead atoms. The van der Waals surface area contributed by atoms with E-state index in [1.165, 1.54) is 4.70 Å². The van der Waals surface area contributed by atoms with Gasteiger partial charge in [-0.05, 0) is 24.4 Å². The number of aryl methyl sites for hydroxylation is 1. The molecule has 1 aromatic carbocycles. The number of guanidine groups is 1. The second-order valence-corrected chi connectivity index (χ2v) is 6.56. The van der Waals surface area contributed by atoms with Crippen LogP contribution in [0.4, 0.5) is 0 Å². The third kappa shape index (κ3) is 3.93. The summed E-state index contributed by atoms with van der Waals surface area (Å²) in [7, 11) is 1.69. The topological polar surface area (TPSA) is 82.7 Å². The first-order valence-corrected chi connectivity index (χ1v) is 8.50. The Labute approximate surface area is 144 Å². The normalized spacial score (nSPS) is 13.2. The quantitative estimate of drug-likeness (QED) is 0.489. The Hall–Kier alpha value is -2.38. The van der Waals surface area contributed by atoms with Gasteiger partial charge in [-0.15, -0.1) is 11.3 Å². The van der Waals surface area contributed by atoms with Crippen molar-refractivity contribution in [1.82, 2.24) is 15.8 Å². The Balaban J connectivity index is 1.54. The van der Waals surface area contributed by atoms with Gasteiger partial charge in [-0.3, -0.25) is 4.99 Å². The van der Waals surface area contributed by atoms with Crippen LogP contribution in [-0.2, 0) is 6.54 Å². The lowest BCUT2D eigenvalue weighted by molar-refractivity contribution is 0.184. The Morgan fingerprint density at radius 2 is 2.17 bits per heavy atom. The monoisotopic (exact) mass is 344 g/mol. The minimum Gasteiger partial charge on any atom is -0.386 e. The lowest BCUT2D eigenvalue weighted by Gasteiger charge is -2.13. The van der Waals surface area contributed by atoms with E-state index in [9.17, 15) is 5.11 Å². The second-order valence-electron chi connectivity index (χ2n) is 5.44. The molecule has 1 atom stereocenters. The van der Waals surface area contributed by atoms with Crippen LogP contribution in [0.3, 0.4) is 0 Å². The molecule has 0 fully saturated rings. The average Bonchev–Trinajstić information content (AvgIpc) is 3.20. The van der Waals surface area contributed by atoms with Gasteiger partial charge in [0.25, 0.3) is 0 Å². The lowest BCUT2D eigenvalue weighted by atomic mass is 10.2. The zero-order valence-corrected chi connectivity index (χ0v) is 14.4. The van der Waals surface area contributed by atoms with Crippen molar-refractivity contribution in [3.8, 4) is 0 Å². The summed E-state index contributed by atoms with van der Waals surface area (Å²) in [4.78, 5) is 5.08. The zero-order valence-electron chi connectivity index (χ0n) is 13.6. The molecule has 0 aliphatic rings. The number of rotatable bonds is 5. The fraction of sp³-hybridized carbons (Fsp3) is 0.294. The number of hydrogen-bond donors (Lipinski definition) is 3. The smallest absolute Gasteiger partial charge is 0.191 e.